The molecule has 2 aliphatic carbocycles. The van der Waals surface area contributed by atoms with Gasteiger partial charge in [0.05, 0.1) is 19.1 Å². The predicted octanol–water partition coefficient (Wildman–Crippen LogP) is 4.99. The number of allylic oxidation sites excluding steroid dienone is 2. The van der Waals surface area contributed by atoms with E-state index in [0.717, 1.165) is 48.1 Å². The molecule has 0 aromatic heterocycles. The second-order valence-electron chi connectivity index (χ2n) is 9.83. The highest BCUT2D eigenvalue weighted by atomic mass is 16.5. The quantitative estimate of drug-likeness (QED) is 0.408. The first-order chi connectivity index (χ1) is 15.2. The van der Waals surface area contributed by atoms with E-state index in [1.54, 1.807) is 14.0 Å². The molecule has 0 unspecified atom stereocenters. The highest BCUT2D eigenvalue weighted by Crippen LogP contribution is 2.59. The minimum atomic E-state index is -0.792. The van der Waals surface area contributed by atoms with Gasteiger partial charge in [-0.3, -0.25) is 4.79 Å². The first-order valence-corrected chi connectivity index (χ1v) is 11.8. The molecular weight excluding hydrogens is 402 g/mol. The number of carbonyl (C=O) groups is 2. The van der Waals surface area contributed by atoms with E-state index in [-0.39, 0.29) is 23.2 Å². The smallest absolute Gasteiger partial charge is 0.332 e. The largest absolute Gasteiger partial charge is 0.496 e. The Balaban J connectivity index is 1.84. The normalized spacial score (nSPS) is 33.0. The van der Waals surface area contributed by atoms with E-state index in [2.05, 4.69) is 38.2 Å². The van der Waals surface area contributed by atoms with Gasteiger partial charge >= 0.3 is 5.97 Å². The molecule has 0 radical (unpaired) electrons. The zero-order valence-electron chi connectivity index (χ0n) is 19.9. The van der Waals surface area contributed by atoms with Crippen molar-refractivity contribution in [2.45, 2.75) is 71.3 Å². The standard InChI is InChI=1S/C27H35NO4/c1-6-32-25(30)15-23-27(22-9-7-8-12-26(22,4)28-23)16-18(3)19(14-24(27)29)20-13-17(2)10-11-21(20)31-5/h10-11,13,15-16,19,22,28H,6-9,12,14H2,1-5H3/b23-15-/t19-,22-,26+,27-/m0/s1. The minimum absolute atomic E-state index is 0.0257. The van der Waals surface area contributed by atoms with Crippen LogP contribution in [0.1, 0.15) is 69.9 Å². The van der Waals surface area contributed by atoms with Crippen molar-refractivity contribution in [1.82, 2.24) is 5.32 Å². The summed E-state index contributed by atoms with van der Waals surface area (Å²) in [6.07, 6.45) is 8.28. The van der Waals surface area contributed by atoms with Gasteiger partial charge < -0.3 is 14.8 Å². The summed E-state index contributed by atoms with van der Waals surface area (Å²) in [5.41, 5.74) is 3.07. The molecule has 1 aromatic rings. The van der Waals surface area contributed by atoms with Crippen molar-refractivity contribution >= 4 is 11.8 Å². The summed E-state index contributed by atoms with van der Waals surface area (Å²) in [4.78, 5) is 26.5. The van der Waals surface area contributed by atoms with Crippen molar-refractivity contribution in [2.75, 3.05) is 13.7 Å². The average molecular weight is 438 g/mol. The van der Waals surface area contributed by atoms with E-state index < -0.39 is 11.4 Å². The van der Waals surface area contributed by atoms with Gasteiger partial charge in [0.2, 0.25) is 0 Å². The molecule has 1 saturated heterocycles. The van der Waals surface area contributed by atoms with Crippen molar-refractivity contribution in [3.05, 3.63) is 52.7 Å². The molecule has 4 atom stereocenters. The van der Waals surface area contributed by atoms with Crippen LogP contribution in [0.4, 0.5) is 0 Å². The molecule has 0 bridgehead atoms. The molecule has 1 saturated carbocycles. The topological polar surface area (TPSA) is 64.6 Å². The van der Waals surface area contributed by atoms with E-state index in [4.69, 9.17) is 9.47 Å². The van der Waals surface area contributed by atoms with Crippen LogP contribution in [-0.4, -0.2) is 31.0 Å². The maximum atomic E-state index is 14.1. The zero-order valence-corrected chi connectivity index (χ0v) is 19.9. The molecule has 172 valence electrons. The van der Waals surface area contributed by atoms with Crippen molar-refractivity contribution < 1.29 is 19.1 Å². The minimum Gasteiger partial charge on any atom is -0.496 e. The van der Waals surface area contributed by atoms with Crippen LogP contribution in [0.25, 0.3) is 0 Å². The molecule has 3 aliphatic rings. The maximum absolute atomic E-state index is 14.1. The van der Waals surface area contributed by atoms with Gasteiger partial charge in [0.15, 0.2) is 0 Å². The van der Waals surface area contributed by atoms with Crippen LogP contribution in [-0.2, 0) is 14.3 Å². The van der Waals surface area contributed by atoms with Crippen LogP contribution in [0, 0.1) is 18.3 Å². The first kappa shape index (κ1) is 22.6. The number of ether oxygens (including phenoxy) is 2. The van der Waals surface area contributed by atoms with Crippen LogP contribution >= 0.6 is 0 Å². The van der Waals surface area contributed by atoms with Gasteiger partial charge in [-0.15, -0.1) is 0 Å². The Hall–Kier alpha value is -2.56. The van der Waals surface area contributed by atoms with Gasteiger partial charge in [-0.05, 0) is 46.6 Å². The lowest BCUT2D eigenvalue weighted by atomic mass is 9.57. The van der Waals surface area contributed by atoms with E-state index in [9.17, 15) is 9.59 Å². The molecule has 32 heavy (non-hydrogen) atoms. The fraction of sp³-hybridized carbons (Fsp3) is 0.556. The predicted molar refractivity (Wildman–Crippen MR) is 125 cm³/mol. The van der Waals surface area contributed by atoms with E-state index >= 15 is 0 Å². The van der Waals surface area contributed by atoms with Crippen molar-refractivity contribution in [3.8, 4) is 5.75 Å². The van der Waals surface area contributed by atoms with Gasteiger partial charge in [-0.25, -0.2) is 4.79 Å². The number of rotatable bonds is 4. The summed E-state index contributed by atoms with van der Waals surface area (Å²) in [5.74, 6) is 0.703. The van der Waals surface area contributed by atoms with Gasteiger partial charge in [0.1, 0.15) is 11.5 Å². The second-order valence-corrected chi connectivity index (χ2v) is 9.83. The highest BCUT2D eigenvalue weighted by molar-refractivity contribution is 5.96. The molecule has 1 spiro atoms. The number of hydrogen-bond acceptors (Lipinski definition) is 5. The Kier molecular flexibility index (Phi) is 5.95. The first-order valence-electron chi connectivity index (χ1n) is 11.8. The lowest BCUT2D eigenvalue weighted by Gasteiger charge is -2.43. The van der Waals surface area contributed by atoms with Crippen LogP contribution in [0.3, 0.4) is 0 Å². The Morgan fingerprint density at radius 1 is 1.28 bits per heavy atom. The summed E-state index contributed by atoms with van der Waals surface area (Å²) in [5, 5.41) is 3.63. The second kappa shape index (κ2) is 8.42. The summed E-state index contributed by atoms with van der Waals surface area (Å²) < 4.78 is 10.8. The summed E-state index contributed by atoms with van der Waals surface area (Å²) in [7, 11) is 1.67. The van der Waals surface area contributed by atoms with Gasteiger partial charge in [-0.2, -0.15) is 0 Å². The van der Waals surface area contributed by atoms with Crippen LogP contribution < -0.4 is 10.1 Å². The Morgan fingerprint density at radius 2 is 2.06 bits per heavy atom. The Labute approximate surface area is 191 Å². The third-order valence-corrected chi connectivity index (χ3v) is 7.79. The Bertz CT molecular complexity index is 993. The summed E-state index contributed by atoms with van der Waals surface area (Å²) in [6.45, 7) is 8.49. The zero-order chi connectivity index (χ0) is 23.1. The molecular formula is C27H35NO4. The third kappa shape index (κ3) is 3.56. The fourth-order valence-electron chi connectivity index (χ4n) is 6.33. The number of benzene rings is 1. The van der Waals surface area contributed by atoms with Gasteiger partial charge in [-0.1, -0.05) is 42.2 Å². The number of methoxy groups -OCH3 is 1. The van der Waals surface area contributed by atoms with Crippen LogP contribution in [0.15, 0.2) is 41.6 Å². The number of Topliss-reactive ketones (excluding diaryl/α,β-unsaturated/α-hetero) is 1. The van der Waals surface area contributed by atoms with Crippen LogP contribution in [0.2, 0.25) is 0 Å². The lowest BCUT2D eigenvalue weighted by molar-refractivity contribution is -0.137. The highest BCUT2D eigenvalue weighted by Gasteiger charge is 2.62. The summed E-state index contributed by atoms with van der Waals surface area (Å²) in [6, 6.07) is 6.13. The monoisotopic (exact) mass is 437 g/mol. The lowest BCUT2D eigenvalue weighted by Crippen LogP contribution is -2.48. The average Bonchev–Trinajstić information content (AvgIpc) is 2.99. The van der Waals surface area contributed by atoms with Gasteiger partial charge in [0.25, 0.3) is 0 Å². The van der Waals surface area contributed by atoms with E-state index in [0.29, 0.717) is 18.7 Å². The molecule has 4 rings (SSSR count). The molecule has 5 heteroatoms. The fourth-order valence-corrected chi connectivity index (χ4v) is 6.33. The summed E-state index contributed by atoms with van der Waals surface area (Å²) >= 11 is 0. The number of ketones is 1. The van der Waals surface area contributed by atoms with Crippen molar-refractivity contribution in [1.29, 1.82) is 0 Å². The molecule has 1 aromatic carbocycles. The number of carbonyl (C=O) groups excluding carboxylic acids is 2. The number of fused-ring (bicyclic) bond motifs is 2. The van der Waals surface area contributed by atoms with Crippen molar-refractivity contribution in [2.24, 2.45) is 11.3 Å². The SMILES string of the molecule is CCOC(=O)/C=C1\N[C@]2(C)CCCC[C@@H]2[C@@]12C=C(C)[C@@H](c1cc(C)ccc1OC)CC2=O. The number of esters is 1. The Morgan fingerprint density at radius 3 is 2.78 bits per heavy atom. The third-order valence-electron chi connectivity index (χ3n) is 7.79. The molecule has 1 aliphatic heterocycles. The van der Waals surface area contributed by atoms with Gasteiger partial charge in [0, 0.05) is 41.1 Å². The molecule has 2 fully saturated rings. The maximum Gasteiger partial charge on any atom is 0.332 e. The molecule has 1 N–H and O–H groups in total. The van der Waals surface area contributed by atoms with E-state index in [1.165, 1.54) is 6.08 Å². The van der Waals surface area contributed by atoms with Crippen molar-refractivity contribution in [3.63, 3.8) is 0 Å². The van der Waals surface area contributed by atoms with E-state index in [1.807, 2.05) is 12.1 Å². The number of aryl methyl sites for hydroxylation is 1. The molecule has 0 amide bonds. The molecule has 5 nitrogen and oxygen atoms in total. The number of nitrogens with one attached hydrogen (secondary N) is 1. The number of hydrogen-bond donors (Lipinski definition) is 1. The van der Waals surface area contributed by atoms with Crippen LogP contribution in [0.5, 0.6) is 5.75 Å². The molecule has 1 heterocycles.